The Morgan fingerprint density at radius 3 is 2.68 bits per heavy atom. The second-order valence-electron chi connectivity index (χ2n) is 4.43. The third-order valence-corrected chi connectivity index (χ3v) is 5.29. The number of halogens is 2. The molecule has 0 spiro atoms. The van der Waals surface area contributed by atoms with Gasteiger partial charge in [-0.05, 0) is 25.1 Å². The highest BCUT2D eigenvalue weighted by Crippen LogP contribution is 2.23. The first-order chi connectivity index (χ1) is 8.96. The van der Waals surface area contributed by atoms with Gasteiger partial charge in [-0.15, -0.1) is 0 Å². The minimum atomic E-state index is -3.93. The van der Waals surface area contributed by atoms with Gasteiger partial charge >= 0.3 is 0 Å². The number of hydrogen-bond acceptors (Lipinski definition) is 3. The van der Waals surface area contributed by atoms with E-state index in [1.54, 1.807) is 6.92 Å². The molecule has 0 amide bonds. The van der Waals surface area contributed by atoms with Crippen LogP contribution >= 0.6 is 0 Å². The van der Waals surface area contributed by atoms with Gasteiger partial charge in [-0.2, -0.15) is 4.31 Å². The first-order valence-electron chi connectivity index (χ1n) is 6.14. The van der Waals surface area contributed by atoms with E-state index < -0.39 is 26.6 Å². The molecule has 1 aromatic rings. The number of nitrogens with one attached hydrogen (secondary N) is 1. The van der Waals surface area contributed by atoms with Gasteiger partial charge in [0.25, 0.3) is 0 Å². The van der Waals surface area contributed by atoms with Gasteiger partial charge < -0.3 is 5.32 Å². The predicted octanol–water partition coefficient (Wildman–Crippen LogP) is 1.34. The van der Waals surface area contributed by atoms with Crippen molar-refractivity contribution in [1.82, 2.24) is 9.62 Å². The molecule has 1 N–H and O–H groups in total. The van der Waals surface area contributed by atoms with Crippen molar-refractivity contribution in [2.75, 3.05) is 19.6 Å². The summed E-state index contributed by atoms with van der Waals surface area (Å²) in [6.45, 7) is 3.25. The lowest BCUT2D eigenvalue weighted by Gasteiger charge is -2.26. The monoisotopic (exact) mass is 290 g/mol. The normalized spacial score (nSPS) is 20.1. The molecular formula is C12H16F2N2O2S. The van der Waals surface area contributed by atoms with E-state index in [1.807, 2.05) is 0 Å². The van der Waals surface area contributed by atoms with Crippen molar-refractivity contribution in [1.29, 1.82) is 0 Å². The van der Waals surface area contributed by atoms with Crippen LogP contribution in [0.15, 0.2) is 23.1 Å². The molecule has 0 saturated carbocycles. The van der Waals surface area contributed by atoms with Gasteiger partial charge in [0.2, 0.25) is 10.0 Å². The van der Waals surface area contributed by atoms with Gasteiger partial charge in [-0.3, -0.25) is 0 Å². The number of likely N-dealkylation sites (N-methyl/N-ethyl adjacent to an activating group) is 1. The summed E-state index contributed by atoms with van der Waals surface area (Å²) in [5.74, 6) is -1.84. The van der Waals surface area contributed by atoms with Crippen molar-refractivity contribution in [3.63, 3.8) is 0 Å². The first kappa shape index (κ1) is 14.4. The highest BCUT2D eigenvalue weighted by atomic mass is 32.2. The molecule has 0 aliphatic carbocycles. The zero-order valence-electron chi connectivity index (χ0n) is 10.6. The average molecular weight is 290 g/mol. The highest BCUT2D eigenvalue weighted by Gasteiger charge is 2.33. The van der Waals surface area contributed by atoms with E-state index in [-0.39, 0.29) is 12.6 Å². The molecule has 1 aliphatic heterocycles. The Hall–Kier alpha value is -1.05. The second kappa shape index (κ2) is 5.52. The van der Waals surface area contributed by atoms with Crippen molar-refractivity contribution < 1.29 is 17.2 Å². The summed E-state index contributed by atoms with van der Waals surface area (Å²) >= 11 is 0. The number of nitrogens with zero attached hydrogens (tertiary/aromatic N) is 1. The van der Waals surface area contributed by atoms with E-state index in [9.17, 15) is 17.2 Å². The van der Waals surface area contributed by atoms with Gasteiger partial charge in [0, 0.05) is 25.2 Å². The predicted molar refractivity (Wildman–Crippen MR) is 67.2 cm³/mol. The Morgan fingerprint density at radius 1 is 1.42 bits per heavy atom. The molecule has 0 radical (unpaired) electrons. The van der Waals surface area contributed by atoms with Crippen molar-refractivity contribution in [2.45, 2.75) is 24.3 Å². The smallest absolute Gasteiger partial charge is 0.246 e. The maximum absolute atomic E-state index is 13.7. The van der Waals surface area contributed by atoms with Gasteiger partial charge in [0.1, 0.15) is 16.5 Å². The van der Waals surface area contributed by atoms with Crippen LogP contribution in [-0.4, -0.2) is 38.4 Å². The second-order valence-corrected chi connectivity index (χ2v) is 6.29. The maximum atomic E-state index is 13.7. The van der Waals surface area contributed by atoms with Crippen LogP contribution in [0.25, 0.3) is 0 Å². The summed E-state index contributed by atoms with van der Waals surface area (Å²) in [5, 5.41) is 3.07. The van der Waals surface area contributed by atoms with Crippen LogP contribution < -0.4 is 5.32 Å². The van der Waals surface area contributed by atoms with Crippen LogP contribution in [0.3, 0.4) is 0 Å². The quantitative estimate of drug-likeness (QED) is 0.910. The van der Waals surface area contributed by atoms with Crippen molar-refractivity contribution in [3.8, 4) is 0 Å². The molecule has 7 heteroatoms. The van der Waals surface area contributed by atoms with Crippen molar-refractivity contribution in [3.05, 3.63) is 29.8 Å². The third kappa shape index (κ3) is 2.77. The van der Waals surface area contributed by atoms with Crippen LogP contribution in [0.4, 0.5) is 8.78 Å². The fourth-order valence-corrected chi connectivity index (χ4v) is 4.03. The lowest BCUT2D eigenvalue weighted by atomic mass is 10.3. The molecule has 19 heavy (non-hydrogen) atoms. The number of benzene rings is 1. The van der Waals surface area contributed by atoms with Crippen molar-refractivity contribution >= 4 is 10.0 Å². The summed E-state index contributed by atoms with van der Waals surface area (Å²) < 4.78 is 52.6. The van der Waals surface area contributed by atoms with Gasteiger partial charge in [-0.25, -0.2) is 17.2 Å². The summed E-state index contributed by atoms with van der Waals surface area (Å²) in [6.07, 6.45) is 0.690. The van der Waals surface area contributed by atoms with Crippen LogP contribution in [-0.2, 0) is 10.0 Å². The molecule has 4 nitrogen and oxygen atoms in total. The summed E-state index contributed by atoms with van der Waals surface area (Å²) in [4.78, 5) is -0.470. The summed E-state index contributed by atoms with van der Waals surface area (Å²) in [7, 11) is -3.93. The molecule has 1 atom stereocenters. The Kier molecular flexibility index (Phi) is 4.17. The molecule has 1 aromatic carbocycles. The van der Waals surface area contributed by atoms with E-state index in [0.717, 1.165) is 18.7 Å². The van der Waals surface area contributed by atoms with Crippen molar-refractivity contribution in [2.24, 2.45) is 0 Å². The molecule has 1 unspecified atom stereocenters. The molecular weight excluding hydrogens is 274 g/mol. The third-order valence-electron chi connectivity index (χ3n) is 3.23. The molecule has 0 bridgehead atoms. The molecule has 2 rings (SSSR count). The van der Waals surface area contributed by atoms with E-state index in [4.69, 9.17) is 0 Å². The van der Waals surface area contributed by atoms with Gasteiger partial charge in [-0.1, -0.05) is 6.92 Å². The van der Waals surface area contributed by atoms with E-state index in [1.165, 1.54) is 4.31 Å². The van der Waals surface area contributed by atoms with E-state index >= 15 is 0 Å². The average Bonchev–Trinajstić information content (AvgIpc) is 2.82. The minimum absolute atomic E-state index is 0.181. The van der Waals surface area contributed by atoms with Crippen LogP contribution in [0, 0.1) is 11.6 Å². The molecule has 0 aromatic heterocycles. The Balaban J connectivity index is 2.39. The first-order valence-corrected chi connectivity index (χ1v) is 7.58. The fourth-order valence-electron chi connectivity index (χ4n) is 2.32. The molecule has 1 saturated heterocycles. The lowest BCUT2D eigenvalue weighted by molar-refractivity contribution is 0.346. The highest BCUT2D eigenvalue weighted by molar-refractivity contribution is 7.89. The number of sulfonamides is 1. The SMILES string of the molecule is CCN(C1CCNC1)S(=O)(=O)c1ccc(F)cc1F. The lowest BCUT2D eigenvalue weighted by Crippen LogP contribution is -2.41. The minimum Gasteiger partial charge on any atom is -0.315 e. The maximum Gasteiger partial charge on any atom is 0.246 e. The van der Waals surface area contributed by atoms with E-state index in [0.29, 0.717) is 19.0 Å². The zero-order chi connectivity index (χ0) is 14.0. The molecule has 1 aliphatic rings. The summed E-state index contributed by atoms with van der Waals surface area (Å²) in [5.41, 5.74) is 0. The fraction of sp³-hybridized carbons (Fsp3) is 0.500. The van der Waals surface area contributed by atoms with Crippen LogP contribution in [0.2, 0.25) is 0 Å². The van der Waals surface area contributed by atoms with E-state index in [2.05, 4.69) is 5.32 Å². The Bertz CT molecular complexity index is 557. The van der Waals surface area contributed by atoms with Gasteiger partial charge in [0.05, 0.1) is 0 Å². The topological polar surface area (TPSA) is 49.4 Å². The largest absolute Gasteiger partial charge is 0.315 e. The number of rotatable bonds is 4. The molecule has 106 valence electrons. The standard InChI is InChI=1S/C12H16F2N2O2S/c1-2-16(10-5-6-15-8-10)19(17,18)12-4-3-9(13)7-11(12)14/h3-4,7,10,15H,2,5-6,8H2,1H3. The van der Waals surface area contributed by atoms with Crippen LogP contribution in [0.5, 0.6) is 0 Å². The Labute approximate surface area is 111 Å². The van der Waals surface area contributed by atoms with Gasteiger partial charge in [0.15, 0.2) is 0 Å². The zero-order valence-corrected chi connectivity index (χ0v) is 11.4. The summed E-state index contributed by atoms with van der Waals surface area (Å²) in [6, 6.07) is 2.34. The number of hydrogen-bond donors (Lipinski definition) is 1. The molecule has 1 fully saturated rings. The Morgan fingerprint density at radius 2 is 2.16 bits per heavy atom. The molecule has 1 heterocycles. The van der Waals surface area contributed by atoms with Crippen LogP contribution in [0.1, 0.15) is 13.3 Å².